The number of thiophene rings is 1. The molecule has 0 bridgehead atoms. The Morgan fingerprint density at radius 1 is 1.35 bits per heavy atom. The van der Waals surface area contributed by atoms with Gasteiger partial charge in [0, 0.05) is 17.8 Å². The van der Waals surface area contributed by atoms with Crippen molar-refractivity contribution in [3.05, 3.63) is 34.1 Å². The highest BCUT2D eigenvalue weighted by Crippen LogP contribution is 2.13. The summed E-state index contributed by atoms with van der Waals surface area (Å²) in [5.74, 6) is 1.49. The molecule has 0 aliphatic heterocycles. The Morgan fingerprint density at radius 3 is 2.82 bits per heavy atom. The number of aryl methyl sites for hydroxylation is 1. The molecule has 17 heavy (non-hydrogen) atoms. The fraction of sp³-hybridized carbons (Fsp3) is 0.500. The first-order chi connectivity index (χ1) is 8.31. The fourth-order valence-electron chi connectivity index (χ4n) is 1.59. The Bertz CT molecular complexity index is 438. The third-order valence-corrected chi connectivity index (χ3v) is 3.45. The highest BCUT2D eigenvalue weighted by atomic mass is 32.1. The normalized spacial score (nSPS) is 11.2. The van der Waals surface area contributed by atoms with Gasteiger partial charge >= 0.3 is 0 Å². The second-order valence-electron chi connectivity index (χ2n) is 3.84. The molecule has 92 valence electrons. The van der Waals surface area contributed by atoms with Crippen molar-refractivity contribution in [2.45, 2.75) is 33.4 Å². The molecule has 0 unspecified atom stereocenters. The average Bonchev–Trinajstić information content (AvgIpc) is 2.99. The Balaban J connectivity index is 1.95. The maximum Gasteiger partial charge on any atom is 0.240 e. The van der Waals surface area contributed by atoms with Crippen LogP contribution in [0.4, 0.5) is 0 Å². The van der Waals surface area contributed by atoms with Gasteiger partial charge in [-0.2, -0.15) is 4.98 Å². The van der Waals surface area contributed by atoms with E-state index in [0.717, 1.165) is 31.9 Å². The van der Waals surface area contributed by atoms with Crippen LogP contribution in [0.1, 0.15) is 30.4 Å². The molecule has 2 heterocycles. The maximum absolute atomic E-state index is 5.21. The maximum atomic E-state index is 5.21. The Morgan fingerprint density at radius 2 is 2.24 bits per heavy atom. The molecule has 0 radical (unpaired) electrons. The fourth-order valence-corrected chi connectivity index (χ4v) is 2.34. The Labute approximate surface area is 105 Å². The monoisotopic (exact) mass is 251 g/mol. The van der Waals surface area contributed by atoms with Crippen LogP contribution in [0, 0.1) is 0 Å². The van der Waals surface area contributed by atoms with Gasteiger partial charge in [-0.25, -0.2) is 0 Å². The molecule has 2 aromatic heterocycles. The van der Waals surface area contributed by atoms with E-state index >= 15 is 0 Å². The smallest absolute Gasteiger partial charge is 0.240 e. The molecule has 0 saturated heterocycles. The van der Waals surface area contributed by atoms with Gasteiger partial charge in [0.05, 0.1) is 6.54 Å². The summed E-state index contributed by atoms with van der Waals surface area (Å²) >= 11 is 1.78. The molecule has 0 aromatic carbocycles. The van der Waals surface area contributed by atoms with Gasteiger partial charge in [-0.05, 0) is 18.0 Å². The SMILES string of the molecule is CCc1noc(CN(CC)Cc2cccs2)n1. The van der Waals surface area contributed by atoms with Crippen molar-refractivity contribution in [1.29, 1.82) is 0 Å². The summed E-state index contributed by atoms with van der Waals surface area (Å²) < 4.78 is 5.21. The lowest BCUT2D eigenvalue weighted by Crippen LogP contribution is -2.21. The molecule has 2 rings (SSSR count). The van der Waals surface area contributed by atoms with Gasteiger partial charge in [0.1, 0.15) is 0 Å². The van der Waals surface area contributed by atoms with Crippen molar-refractivity contribution in [2.75, 3.05) is 6.54 Å². The summed E-state index contributed by atoms with van der Waals surface area (Å²) in [5.41, 5.74) is 0. The van der Waals surface area contributed by atoms with Crippen LogP contribution in [0.3, 0.4) is 0 Å². The third kappa shape index (κ3) is 3.38. The van der Waals surface area contributed by atoms with E-state index in [9.17, 15) is 0 Å². The number of hydrogen-bond acceptors (Lipinski definition) is 5. The van der Waals surface area contributed by atoms with Gasteiger partial charge in [0.25, 0.3) is 0 Å². The van der Waals surface area contributed by atoms with Crippen molar-refractivity contribution in [1.82, 2.24) is 15.0 Å². The molecule has 0 amide bonds. The summed E-state index contributed by atoms with van der Waals surface area (Å²) in [7, 11) is 0. The number of aromatic nitrogens is 2. The van der Waals surface area contributed by atoms with Crippen molar-refractivity contribution in [2.24, 2.45) is 0 Å². The van der Waals surface area contributed by atoms with E-state index in [2.05, 4.69) is 39.5 Å². The summed E-state index contributed by atoms with van der Waals surface area (Å²) in [4.78, 5) is 7.98. The summed E-state index contributed by atoms with van der Waals surface area (Å²) in [5, 5.41) is 6.01. The van der Waals surface area contributed by atoms with Gasteiger partial charge in [-0.3, -0.25) is 4.90 Å². The van der Waals surface area contributed by atoms with E-state index in [4.69, 9.17) is 4.52 Å². The van der Waals surface area contributed by atoms with Gasteiger partial charge in [0.15, 0.2) is 5.82 Å². The van der Waals surface area contributed by atoms with Gasteiger partial charge in [0.2, 0.25) is 5.89 Å². The molecule has 0 saturated carbocycles. The zero-order valence-electron chi connectivity index (χ0n) is 10.2. The van der Waals surface area contributed by atoms with Crippen LogP contribution in [-0.4, -0.2) is 21.6 Å². The van der Waals surface area contributed by atoms with Crippen molar-refractivity contribution in [3.8, 4) is 0 Å². The van der Waals surface area contributed by atoms with Crippen LogP contribution in [0.5, 0.6) is 0 Å². The second-order valence-corrected chi connectivity index (χ2v) is 4.87. The topological polar surface area (TPSA) is 42.2 Å². The van der Waals surface area contributed by atoms with Crippen LogP contribution < -0.4 is 0 Å². The first kappa shape index (κ1) is 12.3. The molecule has 4 nitrogen and oxygen atoms in total. The molecule has 0 atom stereocenters. The minimum atomic E-state index is 0.709. The van der Waals surface area contributed by atoms with Crippen molar-refractivity contribution < 1.29 is 4.52 Å². The minimum absolute atomic E-state index is 0.709. The zero-order valence-corrected chi connectivity index (χ0v) is 11.0. The highest BCUT2D eigenvalue weighted by molar-refractivity contribution is 7.09. The summed E-state index contributed by atoms with van der Waals surface area (Å²) in [6, 6.07) is 4.23. The standard InChI is InChI=1S/C12H17N3OS/c1-3-11-13-12(16-14-11)9-15(4-2)8-10-6-5-7-17-10/h5-7H,3-4,8-9H2,1-2H3. The lowest BCUT2D eigenvalue weighted by molar-refractivity contribution is 0.230. The molecule has 0 fully saturated rings. The lowest BCUT2D eigenvalue weighted by atomic mass is 10.4. The molecular weight excluding hydrogens is 234 g/mol. The molecule has 0 aliphatic carbocycles. The lowest BCUT2D eigenvalue weighted by Gasteiger charge is -2.16. The highest BCUT2D eigenvalue weighted by Gasteiger charge is 2.10. The van der Waals surface area contributed by atoms with E-state index in [1.165, 1.54) is 4.88 Å². The van der Waals surface area contributed by atoms with Crippen LogP contribution in [-0.2, 0) is 19.5 Å². The quantitative estimate of drug-likeness (QED) is 0.791. The van der Waals surface area contributed by atoms with Crippen molar-refractivity contribution >= 4 is 11.3 Å². The predicted molar refractivity (Wildman–Crippen MR) is 67.8 cm³/mol. The van der Waals surface area contributed by atoms with Crippen LogP contribution in [0.25, 0.3) is 0 Å². The minimum Gasteiger partial charge on any atom is -0.338 e. The van der Waals surface area contributed by atoms with Gasteiger partial charge in [-0.15, -0.1) is 11.3 Å². The number of nitrogens with zero attached hydrogens (tertiary/aromatic N) is 3. The zero-order chi connectivity index (χ0) is 12.1. The predicted octanol–water partition coefficient (Wildman–Crippen LogP) is 2.72. The molecule has 0 spiro atoms. The molecule has 2 aromatic rings. The number of hydrogen-bond donors (Lipinski definition) is 0. The molecule has 5 heteroatoms. The summed E-state index contributed by atoms with van der Waals surface area (Å²) in [6.07, 6.45) is 0.820. The van der Waals surface area contributed by atoms with Crippen LogP contribution in [0.2, 0.25) is 0 Å². The number of rotatable bonds is 6. The molecular formula is C12H17N3OS. The van der Waals surface area contributed by atoms with Crippen LogP contribution in [0.15, 0.2) is 22.0 Å². The summed E-state index contributed by atoms with van der Waals surface area (Å²) in [6.45, 7) is 6.81. The Kier molecular flexibility index (Phi) is 4.28. The van der Waals surface area contributed by atoms with E-state index in [1.807, 2.05) is 6.92 Å². The largest absolute Gasteiger partial charge is 0.338 e. The van der Waals surface area contributed by atoms with Gasteiger partial charge in [-0.1, -0.05) is 25.1 Å². The van der Waals surface area contributed by atoms with Crippen molar-refractivity contribution in [3.63, 3.8) is 0 Å². The first-order valence-corrected chi connectivity index (χ1v) is 6.76. The molecule has 0 N–H and O–H groups in total. The average molecular weight is 251 g/mol. The Hall–Kier alpha value is -1.20. The first-order valence-electron chi connectivity index (χ1n) is 5.88. The van der Waals surface area contributed by atoms with E-state index in [1.54, 1.807) is 11.3 Å². The third-order valence-electron chi connectivity index (χ3n) is 2.59. The van der Waals surface area contributed by atoms with E-state index in [0.29, 0.717) is 5.89 Å². The molecule has 0 aliphatic rings. The van der Waals surface area contributed by atoms with Gasteiger partial charge < -0.3 is 4.52 Å². The van der Waals surface area contributed by atoms with E-state index in [-0.39, 0.29) is 0 Å². The van der Waals surface area contributed by atoms with E-state index < -0.39 is 0 Å². The second kappa shape index (κ2) is 5.93. The van der Waals surface area contributed by atoms with Crippen LogP contribution >= 0.6 is 11.3 Å².